The first kappa shape index (κ1) is 32.7. The highest BCUT2D eigenvalue weighted by Gasteiger charge is 2.47. The summed E-state index contributed by atoms with van der Waals surface area (Å²) in [7, 11) is 1.18. The van der Waals surface area contributed by atoms with Crippen molar-refractivity contribution in [1.82, 2.24) is 10.2 Å². The molecule has 2 aliphatic carbocycles. The van der Waals surface area contributed by atoms with Crippen LogP contribution in [0.15, 0.2) is 18.2 Å². The molecule has 0 radical (unpaired) electrons. The first-order valence-corrected chi connectivity index (χ1v) is 15.9. The molecule has 3 atom stereocenters. The van der Waals surface area contributed by atoms with E-state index in [1.165, 1.54) is 25.7 Å². The molecule has 1 aromatic carbocycles. The van der Waals surface area contributed by atoms with Crippen molar-refractivity contribution in [1.29, 1.82) is 0 Å². The molecule has 43 heavy (non-hydrogen) atoms. The normalized spacial score (nSPS) is 25.5. The monoisotopic (exact) mass is 601 g/mol. The van der Waals surface area contributed by atoms with Crippen molar-refractivity contribution >= 4 is 29.6 Å². The first-order valence-electron chi connectivity index (χ1n) is 15.9. The van der Waals surface area contributed by atoms with Crippen LogP contribution in [0.5, 0.6) is 0 Å². The molecule has 2 saturated carbocycles. The molecule has 4 rings (SSSR count). The van der Waals surface area contributed by atoms with E-state index in [-0.39, 0.29) is 46.9 Å². The van der Waals surface area contributed by atoms with Gasteiger partial charge in [-0.2, -0.15) is 0 Å². The van der Waals surface area contributed by atoms with Gasteiger partial charge in [-0.1, -0.05) is 32.1 Å². The number of hydrogen-bond donors (Lipinski definition) is 2. The van der Waals surface area contributed by atoms with Gasteiger partial charge >= 0.3 is 12.1 Å². The Bertz CT molecular complexity index is 1170. The van der Waals surface area contributed by atoms with Gasteiger partial charge < -0.3 is 25.0 Å². The van der Waals surface area contributed by atoms with Gasteiger partial charge in [0, 0.05) is 24.2 Å². The molecular weight excluding hydrogens is 553 g/mol. The van der Waals surface area contributed by atoms with Crippen molar-refractivity contribution in [2.24, 2.45) is 23.7 Å². The number of esters is 1. The maximum Gasteiger partial charge on any atom is 0.407 e. The van der Waals surface area contributed by atoms with Crippen LogP contribution >= 0.6 is 0 Å². The second kappa shape index (κ2) is 14.1. The summed E-state index contributed by atoms with van der Waals surface area (Å²) in [6.45, 7) is 8.00. The van der Waals surface area contributed by atoms with E-state index in [0.29, 0.717) is 25.3 Å². The van der Waals surface area contributed by atoms with E-state index in [9.17, 15) is 23.6 Å². The number of benzene rings is 1. The number of nitrogens with one attached hydrogen (secondary N) is 2. The number of nitrogens with zero attached hydrogens (tertiary/aromatic N) is 1. The second-order valence-corrected chi connectivity index (χ2v) is 13.5. The fraction of sp³-hybridized carbons (Fsp3) is 0.697. The van der Waals surface area contributed by atoms with E-state index in [0.717, 1.165) is 51.0 Å². The molecule has 3 amide bonds. The van der Waals surface area contributed by atoms with Crippen molar-refractivity contribution in [3.05, 3.63) is 29.6 Å². The first-order chi connectivity index (χ1) is 20.4. The predicted octanol–water partition coefficient (Wildman–Crippen LogP) is 6.07. The molecule has 10 heteroatoms. The summed E-state index contributed by atoms with van der Waals surface area (Å²) in [5.74, 6) is -1.37. The summed E-state index contributed by atoms with van der Waals surface area (Å²) in [6.07, 6.45) is 8.89. The predicted molar refractivity (Wildman–Crippen MR) is 161 cm³/mol. The lowest BCUT2D eigenvalue weighted by Crippen LogP contribution is -2.50. The largest absolute Gasteiger partial charge is 0.465 e. The Hall–Kier alpha value is -3.17. The van der Waals surface area contributed by atoms with Crippen molar-refractivity contribution in [3.63, 3.8) is 0 Å². The molecule has 1 heterocycles. The SMILES string of the molecule is COC(=O)c1ccc(NC(=O)[C@@H]2[C@H](C3CCCCC3)CCN2C(=O)C2CCC(C(C)NC(=O)OC(C)(C)C)CC2)cc1F. The van der Waals surface area contributed by atoms with Gasteiger partial charge in [0.2, 0.25) is 11.8 Å². The lowest BCUT2D eigenvalue weighted by atomic mass is 9.76. The number of hydrogen-bond acceptors (Lipinski definition) is 6. The highest BCUT2D eigenvalue weighted by Crippen LogP contribution is 2.41. The molecule has 1 aromatic rings. The summed E-state index contributed by atoms with van der Waals surface area (Å²) in [4.78, 5) is 53.6. The van der Waals surface area contributed by atoms with Gasteiger partial charge in [0.05, 0.1) is 12.7 Å². The van der Waals surface area contributed by atoms with Gasteiger partial charge in [0.25, 0.3) is 0 Å². The minimum atomic E-state index is -0.787. The standard InChI is InChI=1S/C33H48FN3O6/c1-20(35-32(41)43-33(2,3)4)21-11-13-23(14-12-21)30(39)37-18-17-25(22-9-7-6-8-10-22)28(37)29(38)36-24-15-16-26(27(34)19-24)31(40)42-5/h15-16,19-23,25,28H,6-14,17-18H2,1-5H3,(H,35,41)(H,36,38)/t20?,21?,23?,25-,28-/m0/s1. The Kier molecular flexibility index (Phi) is 10.7. The number of alkyl carbamates (subject to hydrolysis) is 1. The zero-order chi connectivity index (χ0) is 31.3. The summed E-state index contributed by atoms with van der Waals surface area (Å²) in [5.41, 5.74) is -0.531. The smallest absolute Gasteiger partial charge is 0.407 e. The lowest BCUT2D eigenvalue weighted by molar-refractivity contribution is -0.142. The number of amides is 3. The lowest BCUT2D eigenvalue weighted by Gasteiger charge is -2.37. The highest BCUT2D eigenvalue weighted by molar-refractivity contribution is 5.98. The number of carbonyl (C=O) groups excluding carboxylic acids is 4. The van der Waals surface area contributed by atoms with E-state index in [2.05, 4.69) is 15.4 Å². The molecule has 3 aliphatic rings. The Morgan fingerprint density at radius 1 is 0.977 bits per heavy atom. The van der Waals surface area contributed by atoms with E-state index >= 15 is 0 Å². The van der Waals surface area contributed by atoms with Crippen molar-refractivity contribution < 1.29 is 33.0 Å². The molecular formula is C33H48FN3O6. The fourth-order valence-corrected chi connectivity index (χ4v) is 7.25. The summed E-state index contributed by atoms with van der Waals surface area (Å²) < 4.78 is 24.6. The number of rotatable bonds is 7. The maximum atomic E-state index is 14.6. The molecule has 0 aromatic heterocycles. The van der Waals surface area contributed by atoms with Crippen molar-refractivity contribution in [2.45, 2.75) is 110 Å². The van der Waals surface area contributed by atoms with Gasteiger partial charge in [-0.3, -0.25) is 9.59 Å². The van der Waals surface area contributed by atoms with Crippen LogP contribution in [-0.4, -0.2) is 60.1 Å². The van der Waals surface area contributed by atoms with Crippen LogP contribution in [0.4, 0.5) is 14.9 Å². The second-order valence-electron chi connectivity index (χ2n) is 13.5. The van der Waals surface area contributed by atoms with Crippen LogP contribution in [0.1, 0.15) is 102 Å². The Morgan fingerprint density at radius 3 is 2.26 bits per heavy atom. The van der Waals surface area contributed by atoms with Gasteiger partial charge in [-0.25, -0.2) is 14.0 Å². The molecule has 1 saturated heterocycles. The van der Waals surface area contributed by atoms with E-state index < -0.39 is 29.5 Å². The molecule has 238 valence electrons. The number of halogens is 1. The zero-order valence-corrected chi connectivity index (χ0v) is 26.2. The number of anilines is 1. The van der Waals surface area contributed by atoms with Gasteiger partial charge in [0.1, 0.15) is 17.5 Å². The number of methoxy groups -OCH3 is 1. The van der Waals surface area contributed by atoms with Crippen LogP contribution in [0, 0.1) is 29.5 Å². The van der Waals surface area contributed by atoms with Gasteiger partial charge in [0.15, 0.2) is 0 Å². The maximum absolute atomic E-state index is 14.6. The highest BCUT2D eigenvalue weighted by atomic mass is 19.1. The average Bonchev–Trinajstić information content (AvgIpc) is 3.41. The summed E-state index contributed by atoms with van der Waals surface area (Å²) in [6, 6.07) is 3.21. The summed E-state index contributed by atoms with van der Waals surface area (Å²) in [5, 5.41) is 5.79. The van der Waals surface area contributed by atoms with E-state index in [1.807, 2.05) is 27.7 Å². The van der Waals surface area contributed by atoms with E-state index in [1.54, 1.807) is 4.90 Å². The van der Waals surface area contributed by atoms with Crippen LogP contribution in [-0.2, 0) is 19.1 Å². The third kappa shape index (κ3) is 8.26. The van der Waals surface area contributed by atoms with Crippen molar-refractivity contribution in [3.8, 4) is 0 Å². The van der Waals surface area contributed by atoms with Crippen LogP contribution < -0.4 is 10.6 Å². The van der Waals surface area contributed by atoms with Crippen LogP contribution in [0.3, 0.4) is 0 Å². The molecule has 1 aliphatic heterocycles. The third-order valence-corrected chi connectivity index (χ3v) is 9.47. The van der Waals surface area contributed by atoms with Crippen molar-refractivity contribution in [2.75, 3.05) is 19.0 Å². The number of likely N-dealkylation sites (tertiary alicyclic amines) is 1. The molecule has 2 N–H and O–H groups in total. The minimum Gasteiger partial charge on any atom is -0.465 e. The van der Waals surface area contributed by atoms with Gasteiger partial charge in [-0.05, 0) is 95.8 Å². The quantitative estimate of drug-likeness (QED) is 0.367. The average molecular weight is 602 g/mol. The number of carbonyl (C=O) groups is 4. The Balaban J connectivity index is 1.43. The molecule has 0 bridgehead atoms. The molecule has 0 spiro atoms. The third-order valence-electron chi connectivity index (χ3n) is 9.47. The summed E-state index contributed by atoms with van der Waals surface area (Å²) >= 11 is 0. The van der Waals surface area contributed by atoms with Crippen LogP contribution in [0.2, 0.25) is 0 Å². The van der Waals surface area contributed by atoms with Gasteiger partial charge in [-0.15, -0.1) is 0 Å². The Morgan fingerprint density at radius 2 is 1.65 bits per heavy atom. The van der Waals surface area contributed by atoms with E-state index in [4.69, 9.17) is 4.74 Å². The zero-order valence-electron chi connectivity index (χ0n) is 26.2. The minimum absolute atomic E-state index is 0.0110. The topological polar surface area (TPSA) is 114 Å². The molecule has 3 fully saturated rings. The fourth-order valence-electron chi connectivity index (χ4n) is 7.25. The number of ether oxygens (including phenoxy) is 2. The Labute approximate surface area is 254 Å². The molecule has 1 unspecified atom stereocenters. The molecule has 9 nitrogen and oxygen atoms in total. The van der Waals surface area contributed by atoms with Crippen LogP contribution in [0.25, 0.3) is 0 Å².